The third kappa shape index (κ3) is 5.36. The van der Waals surface area contributed by atoms with Gasteiger partial charge in [0, 0.05) is 11.4 Å². The maximum Gasteiger partial charge on any atom is 0.234 e. The van der Waals surface area contributed by atoms with E-state index in [4.69, 9.17) is 4.74 Å². The van der Waals surface area contributed by atoms with Crippen LogP contribution in [0.15, 0.2) is 60.0 Å². The van der Waals surface area contributed by atoms with E-state index in [0.29, 0.717) is 5.16 Å². The molecule has 0 spiro atoms. The summed E-state index contributed by atoms with van der Waals surface area (Å²) in [5.41, 5.74) is 3.01. The zero-order valence-electron chi connectivity index (χ0n) is 16.1. The predicted molar refractivity (Wildman–Crippen MR) is 112 cm³/mol. The molecule has 0 saturated carbocycles. The van der Waals surface area contributed by atoms with Crippen molar-refractivity contribution in [2.24, 2.45) is 0 Å². The van der Waals surface area contributed by atoms with Crippen molar-refractivity contribution in [1.29, 1.82) is 0 Å². The van der Waals surface area contributed by atoms with E-state index in [-0.39, 0.29) is 11.7 Å². The van der Waals surface area contributed by atoms with Gasteiger partial charge in [0.25, 0.3) is 0 Å². The summed E-state index contributed by atoms with van der Waals surface area (Å²) in [6, 6.07) is 15.6. The van der Waals surface area contributed by atoms with Crippen LogP contribution in [0.1, 0.15) is 25.3 Å². The fourth-order valence-corrected chi connectivity index (χ4v) is 3.43. The molecule has 3 aromatic rings. The number of amides is 1. The van der Waals surface area contributed by atoms with Crippen LogP contribution in [-0.4, -0.2) is 33.5 Å². The highest BCUT2D eigenvalue weighted by molar-refractivity contribution is 7.99. The van der Waals surface area contributed by atoms with Crippen molar-refractivity contribution in [3.8, 4) is 11.4 Å². The Kier molecular flexibility index (Phi) is 7.08. The molecule has 0 fully saturated rings. The fourth-order valence-electron chi connectivity index (χ4n) is 2.71. The number of thioether (sulfide) groups is 1. The third-order valence-corrected chi connectivity index (χ3v) is 5.20. The summed E-state index contributed by atoms with van der Waals surface area (Å²) in [6.07, 6.45) is 5.06. The molecule has 0 aliphatic rings. The number of methoxy groups -OCH3 is 1. The lowest BCUT2D eigenvalue weighted by molar-refractivity contribution is -0.113. The van der Waals surface area contributed by atoms with Crippen LogP contribution in [0.25, 0.3) is 5.69 Å². The van der Waals surface area contributed by atoms with Gasteiger partial charge in [0.1, 0.15) is 12.1 Å². The van der Waals surface area contributed by atoms with Crippen molar-refractivity contribution >= 4 is 23.4 Å². The van der Waals surface area contributed by atoms with Gasteiger partial charge in [-0.3, -0.25) is 9.36 Å². The number of nitrogens with one attached hydrogen (secondary N) is 1. The Morgan fingerprint density at radius 1 is 1.14 bits per heavy atom. The summed E-state index contributed by atoms with van der Waals surface area (Å²) >= 11 is 1.35. The van der Waals surface area contributed by atoms with Crippen LogP contribution in [0.4, 0.5) is 5.69 Å². The summed E-state index contributed by atoms with van der Waals surface area (Å²) in [5, 5.41) is 11.7. The molecular weight excluding hydrogens is 372 g/mol. The monoisotopic (exact) mass is 396 g/mol. The van der Waals surface area contributed by atoms with Crippen molar-refractivity contribution in [1.82, 2.24) is 14.8 Å². The fraction of sp³-hybridized carbons (Fsp3) is 0.286. The Hall–Kier alpha value is -2.80. The zero-order valence-corrected chi connectivity index (χ0v) is 16.9. The summed E-state index contributed by atoms with van der Waals surface area (Å²) < 4.78 is 7.03. The molecule has 0 aliphatic carbocycles. The maximum atomic E-state index is 12.3. The van der Waals surface area contributed by atoms with Crippen molar-refractivity contribution < 1.29 is 9.53 Å². The Bertz CT molecular complexity index is 892. The standard InChI is InChI=1S/C21H24N4O2S/c1-3-4-5-16-6-8-17(9-7-16)23-20(26)14-28-21-24-22-15-25(21)18-10-12-19(27-2)13-11-18/h6-13,15H,3-5,14H2,1-2H3,(H,23,26). The Morgan fingerprint density at radius 2 is 1.89 bits per heavy atom. The van der Waals surface area contributed by atoms with E-state index >= 15 is 0 Å². The molecule has 7 heteroatoms. The van der Waals surface area contributed by atoms with Gasteiger partial charge in [0.05, 0.1) is 12.9 Å². The average Bonchev–Trinajstić information content (AvgIpc) is 3.20. The first-order valence-corrected chi connectivity index (χ1v) is 10.2. The quantitative estimate of drug-likeness (QED) is 0.545. The molecule has 0 bridgehead atoms. The van der Waals surface area contributed by atoms with Gasteiger partial charge in [-0.15, -0.1) is 10.2 Å². The molecule has 1 amide bonds. The molecule has 0 saturated heterocycles. The Labute approximate surface area is 169 Å². The lowest BCUT2D eigenvalue weighted by Crippen LogP contribution is -2.14. The minimum atomic E-state index is -0.0735. The molecule has 3 rings (SSSR count). The summed E-state index contributed by atoms with van der Waals surface area (Å²) in [5.74, 6) is 0.966. The summed E-state index contributed by atoms with van der Waals surface area (Å²) in [4.78, 5) is 12.3. The minimum absolute atomic E-state index is 0.0735. The van der Waals surface area contributed by atoms with E-state index in [1.165, 1.54) is 30.2 Å². The van der Waals surface area contributed by atoms with E-state index in [9.17, 15) is 4.79 Å². The van der Waals surface area contributed by atoms with Gasteiger partial charge < -0.3 is 10.1 Å². The number of anilines is 1. The molecule has 2 aromatic carbocycles. The van der Waals surface area contributed by atoms with Gasteiger partial charge in [-0.05, 0) is 54.8 Å². The topological polar surface area (TPSA) is 69.0 Å². The van der Waals surface area contributed by atoms with E-state index in [1.807, 2.05) is 41.0 Å². The molecule has 1 heterocycles. The van der Waals surface area contributed by atoms with E-state index < -0.39 is 0 Å². The molecule has 6 nitrogen and oxygen atoms in total. The number of hydrogen-bond acceptors (Lipinski definition) is 5. The number of aryl methyl sites for hydroxylation is 1. The maximum absolute atomic E-state index is 12.3. The highest BCUT2D eigenvalue weighted by Crippen LogP contribution is 2.22. The van der Waals surface area contributed by atoms with Gasteiger partial charge >= 0.3 is 0 Å². The molecule has 1 N–H and O–H groups in total. The molecule has 146 valence electrons. The molecule has 0 aliphatic heterocycles. The first-order valence-electron chi connectivity index (χ1n) is 9.25. The number of aromatic nitrogens is 3. The highest BCUT2D eigenvalue weighted by atomic mass is 32.2. The smallest absolute Gasteiger partial charge is 0.234 e. The van der Waals surface area contributed by atoms with Crippen LogP contribution in [0.5, 0.6) is 5.75 Å². The van der Waals surface area contributed by atoms with Crippen LogP contribution < -0.4 is 10.1 Å². The van der Waals surface area contributed by atoms with Crippen molar-refractivity contribution in [3.05, 3.63) is 60.4 Å². The number of nitrogens with zero attached hydrogens (tertiary/aromatic N) is 3. The lowest BCUT2D eigenvalue weighted by atomic mass is 10.1. The van der Waals surface area contributed by atoms with Crippen molar-refractivity contribution in [2.75, 3.05) is 18.2 Å². The zero-order chi connectivity index (χ0) is 19.8. The number of carbonyl (C=O) groups excluding carboxylic acids is 1. The van der Waals surface area contributed by atoms with Gasteiger partial charge in [-0.2, -0.15) is 0 Å². The van der Waals surface area contributed by atoms with Gasteiger partial charge in [0.15, 0.2) is 5.16 Å². The Balaban J connectivity index is 1.55. The van der Waals surface area contributed by atoms with Crippen molar-refractivity contribution in [2.45, 2.75) is 31.3 Å². The van der Waals surface area contributed by atoms with Gasteiger partial charge in [-0.1, -0.05) is 37.2 Å². The SMILES string of the molecule is CCCCc1ccc(NC(=O)CSc2nncn2-c2ccc(OC)cc2)cc1. The number of rotatable bonds is 9. The molecule has 0 radical (unpaired) electrons. The molecule has 28 heavy (non-hydrogen) atoms. The summed E-state index contributed by atoms with van der Waals surface area (Å²) in [6.45, 7) is 2.18. The molecule has 0 unspecified atom stereocenters. The first-order chi connectivity index (χ1) is 13.7. The second-order valence-corrected chi connectivity index (χ2v) is 7.26. The van der Waals surface area contributed by atoms with Crippen LogP contribution in [-0.2, 0) is 11.2 Å². The highest BCUT2D eigenvalue weighted by Gasteiger charge is 2.10. The van der Waals surface area contributed by atoms with Crippen LogP contribution >= 0.6 is 11.8 Å². The second kappa shape index (κ2) is 9.94. The third-order valence-electron chi connectivity index (χ3n) is 4.26. The van der Waals surface area contributed by atoms with Crippen LogP contribution in [0.3, 0.4) is 0 Å². The predicted octanol–water partition coefficient (Wildman–Crippen LogP) is 4.35. The first kappa shape index (κ1) is 19.9. The normalized spacial score (nSPS) is 10.6. The van der Waals surface area contributed by atoms with E-state index in [2.05, 4.69) is 34.6 Å². The number of unbranched alkanes of at least 4 members (excludes halogenated alkanes) is 1. The van der Waals surface area contributed by atoms with Crippen molar-refractivity contribution in [3.63, 3.8) is 0 Å². The number of benzene rings is 2. The number of hydrogen-bond donors (Lipinski definition) is 1. The number of carbonyl (C=O) groups is 1. The van der Waals surface area contributed by atoms with E-state index in [0.717, 1.165) is 23.5 Å². The second-order valence-electron chi connectivity index (χ2n) is 6.32. The minimum Gasteiger partial charge on any atom is -0.497 e. The van der Waals surface area contributed by atoms with Gasteiger partial charge in [-0.25, -0.2) is 0 Å². The van der Waals surface area contributed by atoms with Crippen LogP contribution in [0.2, 0.25) is 0 Å². The number of ether oxygens (including phenoxy) is 1. The molecule has 1 aromatic heterocycles. The lowest BCUT2D eigenvalue weighted by Gasteiger charge is -2.08. The molecule has 0 atom stereocenters. The van der Waals surface area contributed by atoms with Crippen LogP contribution in [0, 0.1) is 0 Å². The summed E-state index contributed by atoms with van der Waals surface area (Å²) in [7, 11) is 1.63. The Morgan fingerprint density at radius 3 is 2.57 bits per heavy atom. The van der Waals surface area contributed by atoms with Gasteiger partial charge in [0.2, 0.25) is 5.91 Å². The largest absolute Gasteiger partial charge is 0.497 e. The van der Waals surface area contributed by atoms with E-state index in [1.54, 1.807) is 13.4 Å². The average molecular weight is 397 g/mol. The molecular formula is C21H24N4O2S.